The monoisotopic (exact) mass is 1370 g/mol. The summed E-state index contributed by atoms with van der Waals surface area (Å²) in [5.41, 5.74) is 0. The van der Waals surface area contributed by atoms with E-state index in [2.05, 4.69) is 31.3 Å². The molecule has 0 aromatic heterocycles. The Balaban J connectivity index is 1.39. The van der Waals surface area contributed by atoms with Crippen LogP contribution in [0.5, 0.6) is 0 Å². The van der Waals surface area contributed by atoms with Gasteiger partial charge in [0, 0.05) is 6.42 Å². The normalized spacial score (nSPS) is 27.1. The summed E-state index contributed by atoms with van der Waals surface area (Å²) in [7, 11) is 0. The first-order chi connectivity index (χ1) is 46.8. The molecular weight excluding hydrogens is 1230 g/mol. The summed E-state index contributed by atoms with van der Waals surface area (Å²) in [5, 5.41) is 121. The van der Waals surface area contributed by atoms with Gasteiger partial charge in [0.2, 0.25) is 5.91 Å². The van der Waals surface area contributed by atoms with Gasteiger partial charge < -0.3 is 89.9 Å². The second-order valence-electron chi connectivity index (χ2n) is 28.5. The Bertz CT molecular complexity index is 1830. The lowest BCUT2D eigenvalue weighted by Gasteiger charge is -2.48. The van der Waals surface area contributed by atoms with E-state index in [1.807, 2.05) is 6.08 Å². The topological polar surface area (TPSA) is 307 Å². The number of amides is 1. The molecule has 3 fully saturated rings. The number of unbranched alkanes of at least 4 members (excludes halogenated alkanes) is 45. The van der Waals surface area contributed by atoms with Gasteiger partial charge in [0.15, 0.2) is 18.9 Å². The van der Waals surface area contributed by atoms with Gasteiger partial charge in [-0.2, -0.15) is 0 Å². The summed E-state index contributed by atoms with van der Waals surface area (Å²) < 4.78 is 34.4. The SMILES string of the molecule is CCCCCCCCCCCCCCCCCCCCCCCCCC/C=C/CC/C=C/C(O)C(COC1OC(CO)C(OC2OC(CO)C(OC3OC(CO)C(O)C(O)C3O)C(O)C2O)C(O)C1O)NC(=O)CCCCCCCCCCCCCCCCCCCCCCC. The van der Waals surface area contributed by atoms with E-state index in [0.29, 0.717) is 12.8 Å². The Morgan fingerprint density at radius 2 is 0.667 bits per heavy atom. The fourth-order valence-corrected chi connectivity index (χ4v) is 13.6. The minimum Gasteiger partial charge on any atom is -0.394 e. The lowest BCUT2D eigenvalue weighted by Crippen LogP contribution is -2.66. The predicted octanol–water partition coefficient (Wildman–Crippen LogP) is 12.6. The molecule has 17 unspecified atom stereocenters. The minimum absolute atomic E-state index is 0.241. The maximum Gasteiger partial charge on any atom is 0.220 e. The maximum absolute atomic E-state index is 13.4. The van der Waals surface area contributed by atoms with Gasteiger partial charge in [-0.05, 0) is 32.1 Å². The molecule has 17 atom stereocenters. The molecule has 19 heteroatoms. The van der Waals surface area contributed by atoms with Crippen molar-refractivity contribution in [1.82, 2.24) is 5.32 Å². The van der Waals surface area contributed by atoms with E-state index in [1.54, 1.807) is 6.08 Å². The Hall–Kier alpha value is -1.73. The molecule has 96 heavy (non-hydrogen) atoms. The number of hydrogen-bond donors (Lipinski definition) is 12. The standard InChI is InChI=1S/C77H145NO18/c1-3-5-7-9-11-13-15-17-19-21-23-25-26-27-28-29-30-31-32-33-35-36-38-40-42-44-46-48-50-52-54-61(82)60(78-65(83)55-53-51-49-47-45-43-41-39-37-34-24-22-20-18-16-14-12-10-8-6-4-2)59-91-75-71(89)68(86)73(63(57-80)93-75)96-77-72(90)69(87)74(64(58-81)94-77)95-76-70(88)67(85)66(84)62(56-79)92-76/h44,46,52,54,60-64,66-77,79-82,84-90H,3-43,45,47-51,53,55-59H2,1-2H3,(H,78,83)/b46-44+,54-52+. The summed E-state index contributed by atoms with van der Waals surface area (Å²) in [6.45, 7) is 1.77. The van der Waals surface area contributed by atoms with Gasteiger partial charge in [0.25, 0.3) is 0 Å². The quantitative estimate of drug-likeness (QED) is 0.0199. The smallest absolute Gasteiger partial charge is 0.220 e. The summed E-state index contributed by atoms with van der Waals surface area (Å²) in [4.78, 5) is 13.4. The second kappa shape index (κ2) is 58.7. The summed E-state index contributed by atoms with van der Waals surface area (Å²) >= 11 is 0. The lowest BCUT2D eigenvalue weighted by molar-refractivity contribution is -0.379. The molecule has 1 amide bonds. The molecule has 0 aromatic carbocycles. The highest BCUT2D eigenvalue weighted by atomic mass is 16.8. The zero-order valence-electron chi connectivity index (χ0n) is 60.4. The molecule has 12 N–H and O–H groups in total. The highest BCUT2D eigenvalue weighted by Gasteiger charge is 2.53. The van der Waals surface area contributed by atoms with E-state index < -0.39 is 124 Å². The Labute approximate surface area is 581 Å². The Kier molecular flexibility index (Phi) is 54.1. The van der Waals surface area contributed by atoms with Crippen LogP contribution >= 0.6 is 0 Å². The van der Waals surface area contributed by atoms with Crippen LogP contribution in [-0.2, 0) is 33.2 Å². The number of rotatable bonds is 63. The van der Waals surface area contributed by atoms with Crippen LogP contribution in [-0.4, -0.2) is 193 Å². The van der Waals surface area contributed by atoms with Crippen molar-refractivity contribution in [1.29, 1.82) is 0 Å². The molecule has 3 heterocycles. The zero-order valence-corrected chi connectivity index (χ0v) is 60.4. The number of carbonyl (C=O) groups is 1. The first kappa shape index (κ1) is 88.5. The van der Waals surface area contributed by atoms with Crippen molar-refractivity contribution in [2.45, 2.75) is 433 Å². The van der Waals surface area contributed by atoms with E-state index in [4.69, 9.17) is 28.4 Å². The first-order valence-electron chi connectivity index (χ1n) is 39.6. The molecule has 3 aliphatic heterocycles. The van der Waals surface area contributed by atoms with Gasteiger partial charge in [-0.3, -0.25) is 4.79 Å². The molecule has 0 bridgehead atoms. The van der Waals surface area contributed by atoms with Gasteiger partial charge in [-0.25, -0.2) is 0 Å². The van der Waals surface area contributed by atoms with Crippen molar-refractivity contribution in [3.05, 3.63) is 24.3 Å². The van der Waals surface area contributed by atoms with Crippen LogP contribution in [0.2, 0.25) is 0 Å². The third kappa shape index (κ3) is 39.1. The largest absolute Gasteiger partial charge is 0.394 e. The molecule has 0 radical (unpaired) electrons. The molecule has 19 nitrogen and oxygen atoms in total. The van der Waals surface area contributed by atoms with Crippen LogP contribution in [0.1, 0.15) is 328 Å². The molecule has 3 saturated heterocycles. The average Bonchev–Trinajstić information content (AvgIpc) is 0.786. The molecule has 3 rings (SSSR count). The molecule has 3 aliphatic rings. The highest BCUT2D eigenvalue weighted by molar-refractivity contribution is 5.76. The second-order valence-corrected chi connectivity index (χ2v) is 28.5. The number of hydrogen-bond acceptors (Lipinski definition) is 18. The molecule has 0 aromatic rings. The molecular formula is C77H145NO18. The van der Waals surface area contributed by atoms with Crippen molar-refractivity contribution < 1.29 is 89.4 Å². The molecule has 0 saturated carbocycles. The van der Waals surface area contributed by atoms with Crippen molar-refractivity contribution >= 4 is 5.91 Å². The number of aliphatic hydroxyl groups is 11. The third-order valence-corrected chi connectivity index (χ3v) is 20.0. The van der Waals surface area contributed by atoms with E-state index in [-0.39, 0.29) is 18.9 Å². The maximum atomic E-state index is 13.4. The van der Waals surface area contributed by atoms with Gasteiger partial charge >= 0.3 is 0 Å². The number of nitrogens with one attached hydrogen (secondary N) is 1. The summed E-state index contributed by atoms with van der Waals surface area (Å²) in [6.07, 6.45) is 43.2. The number of ether oxygens (including phenoxy) is 6. The average molecular weight is 1370 g/mol. The molecule has 0 aliphatic carbocycles. The minimum atomic E-state index is -1.98. The van der Waals surface area contributed by atoms with Gasteiger partial charge in [-0.1, -0.05) is 314 Å². The van der Waals surface area contributed by atoms with Crippen LogP contribution < -0.4 is 5.32 Å². The number of aliphatic hydroxyl groups excluding tert-OH is 11. The first-order valence-corrected chi connectivity index (χ1v) is 39.6. The summed E-state index contributed by atoms with van der Waals surface area (Å²) in [6, 6.07) is -0.988. The fraction of sp³-hybridized carbons (Fsp3) is 0.935. The van der Waals surface area contributed by atoms with Crippen molar-refractivity contribution in [3.63, 3.8) is 0 Å². The number of allylic oxidation sites excluding steroid dienone is 3. The lowest BCUT2D eigenvalue weighted by atomic mass is 9.96. The van der Waals surface area contributed by atoms with E-state index in [1.165, 1.54) is 257 Å². The van der Waals surface area contributed by atoms with Crippen LogP contribution in [0.15, 0.2) is 24.3 Å². The van der Waals surface area contributed by atoms with E-state index in [0.717, 1.165) is 38.5 Å². The fourth-order valence-electron chi connectivity index (χ4n) is 13.6. The van der Waals surface area contributed by atoms with E-state index >= 15 is 0 Å². The van der Waals surface area contributed by atoms with Crippen LogP contribution in [0.25, 0.3) is 0 Å². The Morgan fingerprint density at radius 1 is 0.365 bits per heavy atom. The van der Waals surface area contributed by atoms with Gasteiger partial charge in [0.1, 0.15) is 73.2 Å². The van der Waals surface area contributed by atoms with Crippen molar-refractivity contribution in [2.75, 3.05) is 26.4 Å². The Morgan fingerprint density at radius 3 is 1.04 bits per heavy atom. The zero-order chi connectivity index (χ0) is 69.6. The molecule has 566 valence electrons. The van der Waals surface area contributed by atoms with Crippen molar-refractivity contribution in [3.8, 4) is 0 Å². The van der Waals surface area contributed by atoms with Gasteiger partial charge in [-0.15, -0.1) is 0 Å². The van der Waals surface area contributed by atoms with Crippen LogP contribution in [0, 0.1) is 0 Å². The third-order valence-electron chi connectivity index (χ3n) is 20.0. The highest BCUT2D eigenvalue weighted by Crippen LogP contribution is 2.33. The van der Waals surface area contributed by atoms with Gasteiger partial charge in [0.05, 0.1) is 38.6 Å². The van der Waals surface area contributed by atoms with E-state index in [9.17, 15) is 61.0 Å². The van der Waals surface area contributed by atoms with Crippen molar-refractivity contribution in [2.24, 2.45) is 0 Å². The predicted molar refractivity (Wildman–Crippen MR) is 379 cm³/mol. The molecule has 0 spiro atoms. The number of carbonyl (C=O) groups excluding carboxylic acids is 1. The van der Waals surface area contributed by atoms with Crippen LogP contribution in [0.3, 0.4) is 0 Å². The summed E-state index contributed by atoms with van der Waals surface area (Å²) in [5.74, 6) is -0.278. The van der Waals surface area contributed by atoms with Crippen LogP contribution in [0.4, 0.5) is 0 Å².